The lowest BCUT2D eigenvalue weighted by Crippen LogP contribution is -2.61. The fourth-order valence-corrected chi connectivity index (χ4v) is 9.36. The third-order valence-corrected chi connectivity index (χ3v) is 14.2. The first-order chi connectivity index (χ1) is 35.7. The smallest absolute Gasteiger partial charge is 0.306 e. The van der Waals surface area contributed by atoms with E-state index in [1.165, 1.54) is 135 Å². The lowest BCUT2D eigenvalue weighted by molar-refractivity contribution is -0.305. The van der Waals surface area contributed by atoms with E-state index in [0.29, 0.717) is 19.3 Å². The summed E-state index contributed by atoms with van der Waals surface area (Å²) < 4.78 is 17.6. The fraction of sp³-hybridized carbons (Fsp3) is 0.839. The lowest BCUT2D eigenvalue weighted by Gasteiger charge is -2.41. The molecule has 0 spiro atoms. The molecule has 73 heavy (non-hydrogen) atoms. The zero-order chi connectivity index (χ0) is 53.3. The van der Waals surface area contributed by atoms with E-state index in [2.05, 4.69) is 62.5 Å². The van der Waals surface area contributed by atoms with Crippen LogP contribution in [0.1, 0.15) is 271 Å². The maximum Gasteiger partial charge on any atom is 0.306 e. The first-order valence-electron chi connectivity index (χ1n) is 30.4. The molecule has 0 aromatic rings. The number of nitrogens with one attached hydrogen (secondary N) is 1. The second kappa shape index (κ2) is 50.4. The van der Waals surface area contributed by atoms with E-state index in [1.54, 1.807) is 6.08 Å². The summed E-state index contributed by atoms with van der Waals surface area (Å²) in [5, 5.41) is 56.9. The number of hydrogen-bond donors (Lipinski definition) is 6. The molecule has 0 aliphatic carbocycles. The lowest BCUT2D eigenvalue weighted by atomic mass is 9.99. The molecule has 0 aromatic heterocycles. The van der Waals surface area contributed by atoms with Crippen LogP contribution < -0.4 is 5.32 Å². The molecule has 1 aliphatic rings. The van der Waals surface area contributed by atoms with Gasteiger partial charge in [0.2, 0.25) is 5.91 Å². The van der Waals surface area contributed by atoms with Crippen molar-refractivity contribution >= 4 is 11.9 Å². The van der Waals surface area contributed by atoms with E-state index in [0.717, 1.165) is 89.9 Å². The Hall–Kier alpha value is -2.38. The molecule has 1 aliphatic heterocycles. The first-order valence-corrected chi connectivity index (χ1v) is 30.4. The van der Waals surface area contributed by atoms with Crippen molar-refractivity contribution in [3.63, 3.8) is 0 Å². The van der Waals surface area contributed by atoms with Crippen LogP contribution in [0.4, 0.5) is 0 Å². The van der Waals surface area contributed by atoms with Crippen LogP contribution in [-0.2, 0) is 23.8 Å². The molecule has 426 valence electrons. The number of carbonyl (C=O) groups excluding carboxylic acids is 2. The van der Waals surface area contributed by atoms with E-state index < -0.39 is 67.4 Å². The van der Waals surface area contributed by atoms with Crippen molar-refractivity contribution in [2.24, 2.45) is 0 Å². The molecule has 0 radical (unpaired) electrons. The van der Waals surface area contributed by atoms with Gasteiger partial charge >= 0.3 is 5.97 Å². The van der Waals surface area contributed by atoms with Crippen molar-refractivity contribution in [2.45, 2.75) is 320 Å². The minimum Gasteiger partial charge on any atom is -0.454 e. The van der Waals surface area contributed by atoms with Crippen LogP contribution in [0.15, 0.2) is 48.6 Å². The first kappa shape index (κ1) is 68.6. The highest BCUT2D eigenvalue weighted by Crippen LogP contribution is 2.26. The van der Waals surface area contributed by atoms with Crippen molar-refractivity contribution < 1.29 is 49.3 Å². The highest BCUT2D eigenvalue weighted by Gasteiger charge is 2.47. The Morgan fingerprint density at radius 2 is 0.945 bits per heavy atom. The number of carbonyl (C=O) groups is 2. The van der Waals surface area contributed by atoms with Crippen molar-refractivity contribution in [1.29, 1.82) is 0 Å². The van der Waals surface area contributed by atoms with Gasteiger partial charge in [0, 0.05) is 6.42 Å². The van der Waals surface area contributed by atoms with E-state index in [4.69, 9.17) is 14.2 Å². The quantitative estimate of drug-likeness (QED) is 0.0195. The maximum absolute atomic E-state index is 13.4. The standard InChI is InChI=1S/C62H113NO10/c1-4-7-10-13-16-19-22-24-26-27-28-29-30-32-35-38-41-44-47-50-57(67)73-60-59(69)58(68)56(51-64)72-62(60)71-52-53(54(65)48-45-42-39-36-33-21-18-15-12-9-6-3)63-61(70)55(66)49-46-43-40-37-34-31-25-23-20-17-14-11-8-5-2/h16,19,24,26,28-29,45,48,53-56,58-60,62,64-66,68-69H,4-15,17-18,20-23,25,27,30-44,46-47,49-52H2,1-3H3,(H,63,70)/b19-16-,26-24-,29-28-,48-45+. The van der Waals surface area contributed by atoms with Crippen molar-refractivity contribution in [1.82, 2.24) is 5.32 Å². The number of aliphatic hydroxyl groups is 5. The Kier molecular flexibility index (Phi) is 47.4. The molecule has 1 heterocycles. The van der Waals surface area contributed by atoms with Gasteiger partial charge in [-0.2, -0.15) is 0 Å². The summed E-state index contributed by atoms with van der Waals surface area (Å²) in [4.78, 5) is 26.5. The van der Waals surface area contributed by atoms with Crippen molar-refractivity contribution in [3.8, 4) is 0 Å². The van der Waals surface area contributed by atoms with Gasteiger partial charge in [0.15, 0.2) is 12.4 Å². The number of amides is 1. The van der Waals surface area contributed by atoms with Gasteiger partial charge in [-0.1, -0.05) is 249 Å². The average molecular weight is 1030 g/mol. The second-order valence-corrected chi connectivity index (χ2v) is 21.1. The molecule has 0 aromatic carbocycles. The van der Waals surface area contributed by atoms with Crippen molar-refractivity contribution in [3.05, 3.63) is 48.6 Å². The van der Waals surface area contributed by atoms with E-state index >= 15 is 0 Å². The molecule has 1 fully saturated rings. The molecule has 8 atom stereocenters. The summed E-state index contributed by atoms with van der Waals surface area (Å²) >= 11 is 0. The molecule has 8 unspecified atom stereocenters. The predicted molar refractivity (Wildman–Crippen MR) is 301 cm³/mol. The zero-order valence-electron chi connectivity index (χ0n) is 47.0. The number of rotatable bonds is 51. The van der Waals surface area contributed by atoms with Crippen LogP contribution in [0, 0.1) is 0 Å². The number of aliphatic hydroxyl groups excluding tert-OH is 5. The van der Waals surface area contributed by atoms with Gasteiger partial charge in [-0.25, -0.2) is 0 Å². The van der Waals surface area contributed by atoms with Gasteiger partial charge in [0.05, 0.1) is 25.4 Å². The number of hydrogen-bond acceptors (Lipinski definition) is 10. The largest absolute Gasteiger partial charge is 0.454 e. The number of allylic oxidation sites excluding steroid dienone is 7. The molecule has 11 heteroatoms. The van der Waals surface area contributed by atoms with Gasteiger partial charge in [0.1, 0.15) is 24.4 Å². The monoisotopic (exact) mass is 1030 g/mol. The molecule has 1 saturated heterocycles. The molecule has 1 amide bonds. The van der Waals surface area contributed by atoms with Crippen LogP contribution in [0.3, 0.4) is 0 Å². The number of esters is 1. The van der Waals surface area contributed by atoms with Gasteiger partial charge < -0.3 is 45.1 Å². The maximum atomic E-state index is 13.4. The van der Waals surface area contributed by atoms with Gasteiger partial charge in [-0.3, -0.25) is 9.59 Å². The fourth-order valence-electron chi connectivity index (χ4n) is 9.36. The van der Waals surface area contributed by atoms with Gasteiger partial charge in [-0.15, -0.1) is 0 Å². The summed E-state index contributed by atoms with van der Waals surface area (Å²) in [7, 11) is 0. The predicted octanol–water partition coefficient (Wildman–Crippen LogP) is 14.1. The molecular weight excluding hydrogens is 919 g/mol. The SMILES string of the molecule is CCCCC/C=C\C/C=C\C/C=C\CCCCCCCCC(=O)OC1C(OCC(NC(=O)C(O)CCCCCCCCCCCCCCCC)C(O)/C=C/CCCCCCCCCCC)OC(CO)C(O)C1O. The Morgan fingerprint density at radius 3 is 1.44 bits per heavy atom. The topological polar surface area (TPSA) is 175 Å². The molecular formula is C62H113NO10. The molecule has 6 N–H and O–H groups in total. The zero-order valence-corrected chi connectivity index (χ0v) is 47.0. The minimum absolute atomic E-state index is 0.110. The number of ether oxygens (including phenoxy) is 3. The van der Waals surface area contributed by atoms with Crippen LogP contribution in [-0.4, -0.2) is 99.6 Å². The van der Waals surface area contributed by atoms with E-state index in [1.807, 2.05) is 6.08 Å². The summed E-state index contributed by atoms with van der Waals surface area (Å²) in [6, 6.07) is -1.02. The highest BCUT2D eigenvalue weighted by atomic mass is 16.7. The third-order valence-electron chi connectivity index (χ3n) is 14.2. The van der Waals surface area contributed by atoms with Crippen molar-refractivity contribution in [2.75, 3.05) is 13.2 Å². The van der Waals surface area contributed by atoms with Crippen LogP contribution in [0.25, 0.3) is 0 Å². The van der Waals surface area contributed by atoms with Gasteiger partial charge in [-0.05, 0) is 64.2 Å². The number of unbranched alkanes of at least 4 members (excludes halogenated alkanes) is 31. The normalized spacial score (nSPS) is 19.7. The summed E-state index contributed by atoms with van der Waals surface area (Å²) in [6.07, 6.45) is 50.0. The third kappa shape index (κ3) is 38.8. The molecule has 0 saturated carbocycles. The minimum atomic E-state index is -1.62. The Balaban J connectivity index is 2.68. The van der Waals surface area contributed by atoms with E-state index in [-0.39, 0.29) is 13.0 Å². The molecule has 1 rings (SSSR count). The summed E-state index contributed by atoms with van der Waals surface area (Å²) in [6.45, 7) is 5.75. The van der Waals surface area contributed by atoms with Crippen LogP contribution >= 0.6 is 0 Å². The van der Waals surface area contributed by atoms with Crippen LogP contribution in [0.5, 0.6) is 0 Å². The van der Waals surface area contributed by atoms with Gasteiger partial charge in [0.25, 0.3) is 0 Å². The Morgan fingerprint density at radius 1 is 0.534 bits per heavy atom. The Bertz CT molecular complexity index is 1370. The summed E-state index contributed by atoms with van der Waals surface area (Å²) in [5.74, 6) is -1.20. The average Bonchev–Trinajstić information content (AvgIpc) is 3.39. The second-order valence-electron chi connectivity index (χ2n) is 21.1. The summed E-state index contributed by atoms with van der Waals surface area (Å²) in [5.41, 5.74) is 0. The Labute approximate surface area is 446 Å². The molecule has 0 bridgehead atoms. The molecule has 11 nitrogen and oxygen atoms in total. The highest BCUT2D eigenvalue weighted by molar-refractivity contribution is 5.80. The van der Waals surface area contributed by atoms with E-state index in [9.17, 15) is 35.1 Å². The van der Waals surface area contributed by atoms with Crippen LogP contribution in [0.2, 0.25) is 0 Å².